The molecule has 0 rings (SSSR count). The molecule has 0 fully saturated rings. The number of ether oxygens (including phenoxy) is 14. The van der Waals surface area contributed by atoms with Gasteiger partial charge in [0.25, 0.3) is 0 Å². The number of hydrogen-bond donors (Lipinski definition) is 0. The summed E-state index contributed by atoms with van der Waals surface area (Å²) < 4.78 is 75.7. The van der Waals surface area contributed by atoms with Crippen molar-refractivity contribution in [2.75, 3.05) is 165 Å². The van der Waals surface area contributed by atoms with Crippen LogP contribution in [0.3, 0.4) is 0 Å². The Morgan fingerprint density at radius 1 is 0.340 bits per heavy atom. The lowest BCUT2D eigenvalue weighted by molar-refractivity contribution is -0.156. The number of hydrogen-bond acceptors (Lipinski definition) is 16. The summed E-state index contributed by atoms with van der Waals surface area (Å²) in [7, 11) is 0. The number of carbonyl (C=O) groups excluding carboxylic acids is 2. The Hall–Kier alpha value is -1.54. The van der Waals surface area contributed by atoms with Crippen LogP contribution < -0.4 is 0 Å². The molecular formula is C37H72O16. The molecule has 0 amide bonds. The van der Waals surface area contributed by atoms with Gasteiger partial charge in [-0.1, -0.05) is 19.8 Å². The minimum absolute atomic E-state index is 0.164. The Morgan fingerprint density at radius 3 is 0.868 bits per heavy atom. The van der Waals surface area contributed by atoms with Crippen molar-refractivity contribution in [1.82, 2.24) is 0 Å². The van der Waals surface area contributed by atoms with Crippen LogP contribution in [-0.4, -0.2) is 183 Å². The average molecular weight is 773 g/mol. The second-order valence-corrected chi connectivity index (χ2v) is 12.4. The van der Waals surface area contributed by atoms with Crippen LogP contribution in [0.25, 0.3) is 0 Å². The van der Waals surface area contributed by atoms with Crippen molar-refractivity contribution in [3.63, 3.8) is 0 Å². The van der Waals surface area contributed by atoms with E-state index in [1.807, 2.05) is 20.8 Å². The van der Waals surface area contributed by atoms with Crippen molar-refractivity contribution in [2.45, 2.75) is 65.4 Å². The highest BCUT2D eigenvalue weighted by molar-refractivity contribution is 5.70. The van der Waals surface area contributed by atoms with Gasteiger partial charge in [-0.3, -0.25) is 9.59 Å². The lowest BCUT2D eigenvalue weighted by Crippen LogP contribution is -2.24. The van der Waals surface area contributed by atoms with Crippen molar-refractivity contribution in [2.24, 2.45) is 0 Å². The minimum Gasteiger partial charge on any atom is -0.463 e. The van der Waals surface area contributed by atoms with Crippen molar-refractivity contribution in [1.29, 1.82) is 0 Å². The van der Waals surface area contributed by atoms with E-state index in [1.165, 1.54) is 0 Å². The molecule has 0 bridgehead atoms. The second-order valence-electron chi connectivity index (χ2n) is 12.4. The molecular weight excluding hydrogens is 700 g/mol. The number of carbonyl (C=O) groups is 2. The van der Waals surface area contributed by atoms with Gasteiger partial charge in [-0.05, 0) is 27.2 Å². The summed E-state index contributed by atoms with van der Waals surface area (Å²) in [6, 6.07) is 0. The van der Waals surface area contributed by atoms with Crippen LogP contribution in [0.2, 0.25) is 0 Å². The Kier molecular flexibility index (Phi) is 40.4. The van der Waals surface area contributed by atoms with E-state index in [0.29, 0.717) is 165 Å². The van der Waals surface area contributed by atoms with Crippen LogP contribution in [-0.2, 0) is 75.9 Å². The third kappa shape index (κ3) is 46.5. The molecule has 0 aromatic carbocycles. The van der Waals surface area contributed by atoms with Crippen LogP contribution >= 0.6 is 0 Å². The maximum absolute atomic E-state index is 11.6. The van der Waals surface area contributed by atoms with Gasteiger partial charge in [0, 0.05) is 6.42 Å². The van der Waals surface area contributed by atoms with E-state index in [9.17, 15) is 9.59 Å². The topological polar surface area (TPSA) is 163 Å². The fourth-order valence-electron chi connectivity index (χ4n) is 3.88. The van der Waals surface area contributed by atoms with E-state index in [0.717, 1.165) is 19.3 Å². The molecule has 0 aliphatic carbocycles. The van der Waals surface area contributed by atoms with Crippen LogP contribution in [0.4, 0.5) is 0 Å². The normalized spacial score (nSPS) is 11.7. The molecule has 53 heavy (non-hydrogen) atoms. The Bertz CT molecular complexity index is 768. The lowest BCUT2D eigenvalue weighted by Gasteiger charge is -2.19. The van der Waals surface area contributed by atoms with E-state index in [4.69, 9.17) is 66.3 Å². The molecule has 0 aromatic heterocycles. The standard InChI is InChI=1S/C37H72O16/c1-5-6-7-8-35(38)52-34-33-51-32-31-50-30-29-49-28-27-48-26-25-47-24-23-46-22-21-45-20-19-44-18-17-43-16-15-42-14-13-41-12-11-40-10-9-36(39)53-37(2,3)4/h5-34H2,1-4H3. The summed E-state index contributed by atoms with van der Waals surface area (Å²) in [5, 5.41) is 0. The zero-order valence-corrected chi connectivity index (χ0v) is 33.2. The largest absolute Gasteiger partial charge is 0.463 e. The molecule has 0 aliphatic heterocycles. The fourth-order valence-corrected chi connectivity index (χ4v) is 3.88. The molecule has 0 heterocycles. The first kappa shape index (κ1) is 51.5. The summed E-state index contributed by atoms with van der Waals surface area (Å²) in [5.74, 6) is -0.432. The lowest BCUT2D eigenvalue weighted by atomic mass is 10.2. The maximum Gasteiger partial charge on any atom is 0.308 e. The zero-order chi connectivity index (χ0) is 38.8. The van der Waals surface area contributed by atoms with Gasteiger partial charge in [-0.15, -0.1) is 0 Å². The van der Waals surface area contributed by atoms with Gasteiger partial charge in [0.05, 0.1) is 165 Å². The van der Waals surface area contributed by atoms with Crippen LogP contribution in [0.1, 0.15) is 59.8 Å². The monoisotopic (exact) mass is 772 g/mol. The molecule has 16 heteroatoms. The van der Waals surface area contributed by atoms with E-state index in [-0.39, 0.29) is 25.0 Å². The van der Waals surface area contributed by atoms with E-state index in [1.54, 1.807) is 0 Å². The molecule has 0 aromatic rings. The first-order chi connectivity index (χ1) is 25.8. The highest BCUT2D eigenvalue weighted by Gasteiger charge is 2.15. The van der Waals surface area contributed by atoms with Gasteiger partial charge < -0.3 is 66.3 Å². The molecule has 16 nitrogen and oxygen atoms in total. The summed E-state index contributed by atoms with van der Waals surface area (Å²) >= 11 is 0. The molecule has 0 aliphatic rings. The van der Waals surface area contributed by atoms with E-state index in [2.05, 4.69) is 6.92 Å². The first-order valence-corrected chi connectivity index (χ1v) is 19.2. The molecule has 0 saturated carbocycles. The Labute approximate surface area is 318 Å². The quantitative estimate of drug-likeness (QED) is 0.0656. The molecule has 0 atom stereocenters. The average Bonchev–Trinajstić information content (AvgIpc) is 3.12. The van der Waals surface area contributed by atoms with Crippen molar-refractivity contribution in [3.8, 4) is 0 Å². The third-order valence-electron chi connectivity index (χ3n) is 6.44. The SMILES string of the molecule is CCCCCC(=O)OCCOCCOCCOCCOCCOCCOCCOCCOCCOCCOCCOCCOCCC(=O)OC(C)(C)C. The van der Waals surface area contributed by atoms with Crippen LogP contribution in [0.15, 0.2) is 0 Å². The summed E-state index contributed by atoms with van der Waals surface area (Å²) in [6.45, 7) is 19.0. The minimum atomic E-state index is -0.478. The second kappa shape index (κ2) is 41.6. The Balaban J connectivity index is 3.12. The van der Waals surface area contributed by atoms with E-state index < -0.39 is 5.60 Å². The van der Waals surface area contributed by atoms with Crippen molar-refractivity contribution < 1.29 is 75.9 Å². The molecule has 0 radical (unpaired) electrons. The molecule has 0 saturated heterocycles. The highest BCUT2D eigenvalue weighted by Crippen LogP contribution is 2.08. The van der Waals surface area contributed by atoms with E-state index >= 15 is 0 Å². The highest BCUT2D eigenvalue weighted by atomic mass is 16.6. The van der Waals surface area contributed by atoms with Crippen LogP contribution in [0.5, 0.6) is 0 Å². The first-order valence-electron chi connectivity index (χ1n) is 19.2. The molecule has 0 spiro atoms. The Morgan fingerprint density at radius 2 is 0.604 bits per heavy atom. The van der Waals surface area contributed by atoms with Gasteiger partial charge in [-0.2, -0.15) is 0 Å². The molecule has 0 unspecified atom stereocenters. The predicted octanol–water partition coefficient (Wildman–Crippen LogP) is 3.04. The van der Waals surface area contributed by atoms with Gasteiger partial charge in [0.2, 0.25) is 0 Å². The molecule has 316 valence electrons. The summed E-state index contributed by atoms with van der Waals surface area (Å²) in [5.41, 5.74) is -0.478. The third-order valence-corrected chi connectivity index (χ3v) is 6.44. The smallest absolute Gasteiger partial charge is 0.308 e. The zero-order valence-electron chi connectivity index (χ0n) is 33.2. The molecule has 0 N–H and O–H groups in total. The number of esters is 2. The summed E-state index contributed by atoms with van der Waals surface area (Å²) in [6.07, 6.45) is 3.70. The maximum atomic E-state index is 11.6. The van der Waals surface area contributed by atoms with Crippen molar-refractivity contribution in [3.05, 3.63) is 0 Å². The predicted molar refractivity (Wildman–Crippen MR) is 195 cm³/mol. The number of unbranched alkanes of at least 4 members (excludes halogenated alkanes) is 2. The van der Waals surface area contributed by atoms with Gasteiger partial charge >= 0.3 is 11.9 Å². The van der Waals surface area contributed by atoms with Gasteiger partial charge in [-0.25, -0.2) is 0 Å². The van der Waals surface area contributed by atoms with Gasteiger partial charge in [0.1, 0.15) is 12.2 Å². The number of rotatable bonds is 43. The summed E-state index contributed by atoms with van der Waals surface area (Å²) in [4.78, 5) is 23.0. The van der Waals surface area contributed by atoms with Gasteiger partial charge in [0.15, 0.2) is 0 Å². The fraction of sp³-hybridized carbons (Fsp3) is 0.946. The van der Waals surface area contributed by atoms with Crippen molar-refractivity contribution >= 4 is 11.9 Å². The van der Waals surface area contributed by atoms with Crippen LogP contribution in [0, 0.1) is 0 Å².